The van der Waals surface area contributed by atoms with Crippen LogP contribution in [0.15, 0.2) is 182 Å². The minimum atomic E-state index is -4.47. The normalized spacial score (nSPS) is 13.2. The second kappa shape index (κ2) is 17.5. The molecule has 0 aromatic heterocycles. The first-order valence-corrected chi connectivity index (χ1v) is 24.1. The maximum absolute atomic E-state index is 13.8. The number of hydrogen-bond acceptors (Lipinski definition) is 2. The molecule has 9 aromatic carbocycles. The Kier molecular flexibility index (Phi) is 11.4. The summed E-state index contributed by atoms with van der Waals surface area (Å²) < 4.78 is 83.0. The predicted molar refractivity (Wildman–Crippen MR) is 287 cm³/mol. The Hall–Kier alpha value is -7.71. The summed E-state index contributed by atoms with van der Waals surface area (Å²) in [6.45, 7) is 12.4. The lowest BCUT2D eigenvalue weighted by Gasteiger charge is -2.43. The van der Waals surface area contributed by atoms with Crippen molar-refractivity contribution in [2.24, 2.45) is 0 Å². The van der Waals surface area contributed by atoms with Crippen LogP contribution in [0.1, 0.15) is 44.5 Å². The quantitative estimate of drug-likeness (QED) is 0.121. The van der Waals surface area contributed by atoms with Crippen LogP contribution < -0.4 is 42.6 Å². The molecule has 10 heteroatoms. The molecule has 2 nitrogen and oxygen atoms in total. The number of alkyl halides is 6. The number of halogens is 6. The first-order chi connectivity index (χ1) is 34.4. The molecule has 354 valence electrons. The molecule has 0 saturated heterocycles. The molecule has 9 aromatic rings. The maximum Gasteiger partial charge on any atom is 0.416 e. The summed E-state index contributed by atoms with van der Waals surface area (Å²) >= 11 is 0. The average molecular weight is 957 g/mol. The van der Waals surface area contributed by atoms with Crippen molar-refractivity contribution < 1.29 is 26.3 Å². The number of aryl methyl sites for hydroxylation is 6. The first-order valence-electron chi connectivity index (χ1n) is 24.1. The molecule has 0 atom stereocenters. The van der Waals surface area contributed by atoms with Gasteiger partial charge in [0.2, 0.25) is 13.4 Å². The third-order valence-corrected chi connectivity index (χ3v) is 14.6. The fraction of sp³-hybridized carbons (Fsp3) is 0.129. The third kappa shape index (κ3) is 8.07. The van der Waals surface area contributed by atoms with E-state index < -0.39 is 23.5 Å². The van der Waals surface area contributed by atoms with Crippen molar-refractivity contribution in [2.45, 2.75) is 53.9 Å². The molecule has 72 heavy (non-hydrogen) atoms. The molecule has 0 bridgehead atoms. The van der Waals surface area contributed by atoms with E-state index in [1.165, 1.54) is 10.9 Å². The molecule has 11 rings (SSSR count). The number of nitrogens with zero attached hydrogens (tertiary/aromatic N) is 2. The molecular weight excluding hydrogens is 908 g/mol. The molecule has 0 amide bonds. The van der Waals surface area contributed by atoms with Gasteiger partial charge in [-0.2, -0.15) is 26.3 Å². The Labute approximate surface area is 417 Å². The van der Waals surface area contributed by atoms with Gasteiger partial charge in [0.15, 0.2) is 0 Å². The average Bonchev–Trinajstić information content (AvgIpc) is 3.34. The van der Waals surface area contributed by atoms with E-state index in [1.54, 1.807) is 24.3 Å². The molecule has 0 aliphatic carbocycles. The lowest BCUT2D eigenvalue weighted by molar-refractivity contribution is -0.138. The van der Waals surface area contributed by atoms with Crippen LogP contribution in [-0.2, 0) is 12.4 Å². The highest BCUT2D eigenvalue weighted by Crippen LogP contribution is 2.44. The van der Waals surface area contributed by atoms with Crippen LogP contribution >= 0.6 is 0 Å². The molecule has 0 spiro atoms. The van der Waals surface area contributed by atoms with Crippen LogP contribution in [0.4, 0.5) is 60.5 Å². The van der Waals surface area contributed by atoms with E-state index in [1.807, 2.05) is 48.5 Å². The van der Waals surface area contributed by atoms with E-state index in [9.17, 15) is 26.3 Å². The van der Waals surface area contributed by atoms with Crippen molar-refractivity contribution in [3.63, 3.8) is 0 Å². The summed E-state index contributed by atoms with van der Waals surface area (Å²) in [5, 5.41) is 0. The van der Waals surface area contributed by atoms with Gasteiger partial charge in [-0.1, -0.05) is 160 Å². The van der Waals surface area contributed by atoms with Gasteiger partial charge in [-0.05, 0) is 152 Å². The second-order valence-corrected chi connectivity index (χ2v) is 19.5. The molecule has 0 unspecified atom stereocenters. The summed E-state index contributed by atoms with van der Waals surface area (Å²) in [5.41, 5.74) is 20.7. The fourth-order valence-electron chi connectivity index (χ4n) is 11.7. The predicted octanol–water partition coefficient (Wildman–Crippen LogP) is 13.5. The fourth-order valence-corrected chi connectivity index (χ4v) is 11.7. The third-order valence-electron chi connectivity index (χ3n) is 14.6. The van der Waals surface area contributed by atoms with E-state index in [-0.39, 0.29) is 13.4 Å². The zero-order valence-corrected chi connectivity index (χ0v) is 40.6. The second-order valence-electron chi connectivity index (χ2n) is 19.5. The van der Waals surface area contributed by atoms with Gasteiger partial charge in [-0.15, -0.1) is 0 Å². The van der Waals surface area contributed by atoms with E-state index in [0.29, 0.717) is 11.1 Å². The van der Waals surface area contributed by atoms with Gasteiger partial charge in [0.25, 0.3) is 0 Å². The zero-order valence-electron chi connectivity index (χ0n) is 40.6. The lowest BCUT2D eigenvalue weighted by atomic mass is 9.30. The van der Waals surface area contributed by atoms with Crippen molar-refractivity contribution in [3.8, 4) is 22.3 Å². The first kappa shape index (κ1) is 46.7. The highest BCUT2D eigenvalue weighted by atomic mass is 19.4. The van der Waals surface area contributed by atoms with Crippen molar-refractivity contribution in [1.82, 2.24) is 0 Å². The Morgan fingerprint density at radius 1 is 0.319 bits per heavy atom. The number of rotatable bonds is 6. The smallest absolute Gasteiger partial charge is 0.311 e. The van der Waals surface area contributed by atoms with Crippen LogP contribution in [0.25, 0.3) is 22.3 Å². The summed E-state index contributed by atoms with van der Waals surface area (Å²) in [5.74, 6) is 0. The number of para-hydroxylation sites is 2. The standard InChI is InChI=1S/C62H48B2F6N2/c1-37-29-39(3)59(40(4)30-37)63-51-27-21-45(43-17-23-47(24-18-43)61(65,66)67)33-55(51)71(49-13-9-7-10-14-49)57-36-58-54(35-53(57)63)64(60-41(5)31-38(2)32-42(60)6)52-28-22-46(44-19-25-48(26-20-44)62(68,69)70)34-56(52)72(58)50-15-11-8-12-16-50/h7-36H,1-6H3. The Morgan fingerprint density at radius 3 is 0.972 bits per heavy atom. The van der Waals surface area contributed by atoms with Crippen molar-refractivity contribution in [2.75, 3.05) is 9.80 Å². The Bertz CT molecular complexity index is 3290. The van der Waals surface area contributed by atoms with Crippen LogP contribution in [0, 0.1) is 41.5 Å². The van der Waals surface area contributed by atoms with Crippen molar-refractivity contribution >= 4 is 80.3 Å². The number of hydrogen-bond donors (Lipinski definition) is 0. The van der Waals surface area contributed by atoms with Gasteiger partial charge >= 0.3 is 12.4 Å². The highest BCUT2D eigenvalue weighted by molar-refractivity contribution is 7.01. The summed E-state index contributed by atoms with van der Waals surface area (Å²) in [7, 11) is 0. The van der Waals surface area contributed by atoms with E-state index in [0.717, 1.165) is 125 Å². The number of fused-ring (bicyclic) bond motifs is 4. The van der Waals surface area contributed by atoms with Gasteiger partial charge in [0.05, 0.1) is 11.1 Å². The molecule has 0 N–H and O–H groups in total. The van der Waals surface area contributed by atoms with Crippen LogP contribution in [0.5, 0.6) is 0 Å². The molecule has 0 saturated carbocycles. The van der Waals surface area contributed by atoms with E-state index in [4.69, 9.17) is 0 Å². The van der Waals surface area contributed by atoms with Gasteiger partial charge < -0.3 is 9.80 Å². The monoisotopic (exact) mass is 956 g/mol. The highest BCUT2D eigenvalue weighted by Gasteiger charge is 2.43. The van der Waals surface area contributed by atoms with Gasteiger partial charge in [-0.3, -0.25) is 0 Å². The number of benzene rings is 9. The van der Waals surface area contributed by atoms with Crippen molar-refractivity contribution in [3.05, 3.63) is 226 Å². The SMILES string of the molecule is Cc1cc(C)c(B2c3ccc(-c4ccc(C(F)(F)F)cc4)cc3N(c3ccccc3)c3cc4c(cc32)B(c2c(C)cc(C)cc2C)c2ccc(-c3ccc(C(F)(F)F)cc3)cc2N4c2ccccc2)c(C)c1. The summed E-state index contributed by atoms with van der Waals surface area (Å²) in [6, 6.07) is 57.4. The van der Waals surface area contributed by atoms with Crippen LogP contribution in [0.3, 0.4) is 0 Å². The van der Waals surface area contributed by atoms with Gasteiger partial charge in [0, 0.05) is 34.1 Å². The maximum atomic E-state index is 13.8. The Morgan fingerprint density at radius 2 is 0.639 bits per heavy atom. The minimum Gasteiger partial charge on any atom is -0.311 e. The van der Waals surface area contributed by atoms with E-state index in [2.05, 4.69) is 136 Å². The Balaban J connectivity index is 1.23. The van der Waals surface area contributed by atoms with Gasteiger partial charge in [-0.25, -0.2) is 0 Å². The molecule has 0 radical (unpaired) electrons. The minimum absolute atomic E-state index is 0.253. The largest absolute Gasteiger partial charge is 0.416 e. The van der Waals surface area contributed by atoms with Crippen LogP contribution in [-0.4, -0.2) is 13.4 Å². The molecule has 2 aliphatic rings. The van der Waals surface area contributed by atoms with Gasteiger partial charge in [0.1, 0.15) is 0 Å². The molecule has 2 aliphatic heterocycles. The molecule has 2 heterocycles. The van der Waals surface area contributed by atoms with Crippen molar-refractivity contribution in [1.29, 1.82) is 0 Å². The van der Waals surface area contributed by atoms with Crippen LogP contribution in [0.2, 0.25) is 0 Å². The molecular formula is C62H48B2F6N2. The van der Waals surface area contributed by atoms with E-state index >= 15 is 0 Å². The topological polar surface area (TPSA) is 6.48 Å². The zero-order chi connectivity index (χ0) is 50.4. The lowest BCUT2D eigenvalue weighted by Crippen LogP contribution is -2.63. The summed E-state index contributed by atoms with van der Waals surface area (Å²) in [4.78, 5) is 4.59. The summed E-state index contributed by atoms with van der Waals surface area (Å²) in [6.07, 6.45) is -8.93. The molecule has 0 fully saturated rings. The number of anilines is 6.